The molecule has 21 heavy (non-hydrogen) atoms. The van der Waals surface area contributed by atoms with Gasteiger partial charge in [-0.05, 0) is 26.7 Å². The second-order valence-corrected chi connectivity index (χ2v) is 6.25. The molecular formula is C16H28N2O2S. The molecule has 0 saturated carbocycles. The van der Waals surface area contributed by atoms with E-state index in [1.807, 2.05) is 23.9 Å². The molecule has 4 nitrogen and oxygen atoms in total. The van der Waals surface area contributed by atoms with Gasteiger partial charge < -0.3 is 19.7 Å². The van der Waals surface area contributed by atoms with Gasteiger partial charge in [0.05, 0.1) is 14.2 Å². The van der Waals surface area contributed by atoms with Crippen LogP contribution in [0.15, 0.2) is 18.2 Å². The van der Waals surface area contributed by atoms with Crippen molar-refractivity contribution >= 4 is 11.8 Å². The largest absolute Gasteiger partial charge is 0.497 e. The Morgan fingerprint density at radius 2 is 2.00 bits per heavy atom. The highest BCUT2D eigenvalue weighted by molar-refractivity contribution is 7.99. The Bertz CT molecular complexity index is 413. The number of hydrogen-bond donors (Lipinski definition) is 1. The first-order valence-electron chi connectivity index (χ1n) is 7.30. The number of ether oxygens (including phenoxy) is 2. The predicted octanol–water partition coefficient (Wildman–Crippen LogP) is 2.65. The van der Waals surface area contributed by atoms with E-state index in [2.05, 4.69) is 37.3 Å². The zero-order valence-electron chi connectivity index (χ0n) is 13.8. The summed E-state index contributed by atoms with van der Waals surface area (Å²) in [7, 11) is 7.59. The molecule has 0 aliphatic heterocycles. The lowest BCUT2D eigenvalue weighted by atomic mass is 10.1. The van der Waals surface area contributed by atoms with Crippen molar-refractivity contribution in [2.45, 2.75) is 13.0 Å². The third-order valence-corrected chi connectivity index (χ3v) is 4.27. The molecule has 1 aromatic rings. The van der Waals surface area contributed by atoms with Crippen molar-refractivity contribution < 1.29 is 9.47 Å². The molecule has 0 aliphatic rings. The van der Waals surface area contributed by atoms with E-state index in [1.165, 1.54) is 5.56 Å². The highest BCUT2D eigenvalue weighted by Gasteiger charge is 2.16. The van der Waals surface area contributed by atoms with Gasteiger partial charge in [-0.15, -0.1) is 0 Å². The molecule has 0 aromatic heterocycles. The summed E-state index contributed by atoms with van der Waals surface area (Å²) in [6.45, 7) is 4.17. The number of nitrogens with zero attached hydrogens (tertiary/aromatic N) is 1. The molecule has 0 aliphatic carbocycles. The van der Waals surface area contributed by atoms with Crippen LogP contribution in [-0.4, -0.2) is 57.8 Å². The fourth-order valence-corrected chi connectivity index (χ4v) is 3.25. The van der Waals surface area contributed by atoms with Crippen molar-refractivity contribution in [2.24, 2.45) is 0 Å². The summed E-state index contributed by atoms with van der Waals surface area (Å²) in [5, 5.41) is 3.54. The number of hydrogen-bond acceptors (Lipinski definition) is 5. The van der Waals surface area contributed by atoms with Crippen LogP contribution >= 0.6 is 11.8 Å². The Kier molecular flexibility index (Phi) is 8.57. The molecule has 1 unspecified atom stereocenters. The zero-order chi connectivity index (χ0) is 15.7. The average molecular weight is 312 g/mol. The van der Waals surface area contributed by atoms with Crippen LogP contribution in [0.4, 0.5) is 0 Å². The molecule has 5 heteroatoms. The van der Waals surface area contributed by atoms with Crippen molar-refractivity contribution in [2.75, 3.05) is 52.9 Å². The molecule has 0 spiro atoms. The van der Waals surface area contributed by atoms with Gasteiger partial charge in [0.1, 0.15) is 11.5 Å². The van der Waals surface area contributed by atoms with E-state index in [0.717, 1.165) is 36.1 Å². The first-order valence-corrected chi connectivity index (χ1v) is 8.45. The van der Waals surface area contributed by atoms with E-state index < -0.39 is 0 Å². The normalized spacial score (nSPS) is 12.5. The first-order chi connectivity index (χ1) is 10.1. The molecule has 0 amide bonds. The van der Waals surface area contributed by atoms with Gasteiger partial charge in [0.15, 0.2) is 0 Å². The summed E-state index contributed by atoms with van der Waals surface area (Å²) in [4.78, 5) is 2.21. The molecule has 1 aromatic carbocycles. The molecule has 0 heterocycles. The smallest absolute Gasteiger partial charge is 0.127 e. The van der Waals surface area contributed by atoms with Crippen molar-refractivity contribution in [1.82, 2.24) is 10.2 Å². The van der Waals surface area contributed by atoms with Crippen LogP contribution in [0.3, 0.4) is 0 Å². The van der Waals surface area contributed by atoms with Gasteiger partial charge in [-0.25, -0.2) is 0 Å². The number of thioether (sulfide) groups is 1. The summed E-state index contributed by atoms with van der Waals surface area (Å²) >= 11 is 1.96. The van der Waals surface area contributed by atoms with Crippen molar-refractivity contribution in [3.8, 4) is 11.5 Å². The summed E-state index contributed by atoms with van der Waals surface area (Å²) < 4.78 is 10.8. The molecule has 1 N–H and O–H groups in total. The van der Waals surface area contributed by atoms with Gasteiger partial charge in [-0.3, -0.25) is 0 Å². The van der Waals surface area contributed by atoms with Gasteiger partial charge in [-0.2, -0.15) is 11.8 Å². The minimum atomic E-state index is 0.294. The van der Waals surface area contributed by atoms with E-state index in [4.69, 9.17) is 9.47 Å². The molecule has 0 bridgehead atoms. The van der Waals surface area contributed by atoms with Gasteiger partial charge in [0.25, 0.3) is 0 Å². The molecule has 1 atom stereocenters. The van der Waals surface area contributed by atoms with Gasteiger partial charge >= 0.3 is 0 Å². The third-order valence-electron chi connectivity index (χ3n) is 3.23. The standard InChI is InChI=1S/C16H28N2O2S/c1-6-17-15(12-21-10-9-18(2)3)14-8-7-13(19-4)11-16(14)20-5/h7-8,11,15,17H,6,9-10,12H2,1-5H3. The molecule has 0 radical (unpaired) electrons. The third kappa shape index (κ3) is 6.16. The maximum Gasteiger partial charge on any atom is 0.127 e. The van der Waals surface area contributed by atoms with Crippen LogP contribution in [0.1, 0.15) is 18.5 Å². The fraction of sp³-hybridized carbons (Fsp3) is 0.625. The van der Waals surface area contributed by atoms with Crippen LogP contribution in [0.5, 0.6) is 11.5 Å². The highest BCUT2D eigenvalue weighted by Crippen LogP contribution is 2.31. The van der Waals surface area contributed by atoms with E-state index in [-0.39, 0.29) is 0 Å². The molecule has 0 saturated heterocycles. The predicted molar refractivity (Wildman–Crippen MR) is 91.8 cm³/mol. The summed E-state index contributed by atoms with van der Waals surface area (Å²) in [5.41, 5.74) is 1.19. The quantitative estimate of drug-likeness (QED) is 0.672. The molecule has 1 rings (SSSR count). The minimum Gasteiger partial charge on any atom is -0.497 e. The van der Waals surface area contributed by atoms with E-state index in [0.29, 0.717) is 6.04 Å². The number of methoxy groups -OCH3 is 2. The monoisotopic (exact) mass is 312 g/mol. The van der Waals surface area contributed by atoms with Gasteiger partial charge in [0, 0.05) is 35.7 Å². The van der Waals surface area contributed by atoms with Crippen LogP contribution < -0.4 is 14.8 Å². The summed E-state index contributed by atoms with van der Waals surface area (Å²) in [6.07, 6.45) is 0. The lowest BCUT2D eigenvalue weighted by Gasteiger charge is -2.21. The van der Waals surface area contributed by atoms with Gasteiger partial charge in [0.2, 0.25) is 0 Å². The Labute approximate surface area is 133 Å². The first kappa shape index (κ1) is 18.1. The lowest BCUT2D eigenvalue weighted by molar-refractivity contribution is 0.386. The maximum absolute atomic E-state index is 5.52. The maximum atomic E-state index is 5.52. The van der Waals surface area contributed by atoms with Crippen molar-refractivity contribution in [3.05, 3.63) is 23.8 Å². The van der Waals surface area contributed by atoms with Gasteiger partial charge in [-0.1, -0.05) is 13.0 Å². The number of nitrogens with one attached hydrogen (secondary N) is 1. The minimum absolute atomic E-state index is 0.294. The Morgan fingerprint density at radius 3 is 2.57 bits per heavy atom. The van der Waals surface area contributed by atoms with E-state index in [1.54, 1.807) is 14.2 Å². The topological polar surface area (TPSA) is 33.7 Å². The fourth-order valence-electron chi connectivity index (χ4n) is 2.06. The molecular weight excluding hydrogens is 284 g/mol. The van der Waals surface area contributed by atoms with Crippen LogP contribution in [0.2, 0.25) is 0 Å². The number of rotatable bonds is 10. The van der Waals surface area contributed by atoms with E-state index >= 15 is 0 Å². The Hall–Kier alpha value is -0.910. The molecule has 120 valence electrons. The zero-order valence-corrected chi connectivity index (χ0v) is 14.6. The number of benzene rings is 1. The SMILES string of the molecule is CCNC(CSCCN(C)C)c1ccc(OC)cc1OC. The highest BCUT2D eigenvalue weighted by atomic mass is 32.2. The molecule has 0 fully saturated rings. The average Bonchev–Trinajstić information content (AvgIpc) is 2.49. The lowest BCUT2D eigenvalue weighted by Crippen LogP contribution is -2.24. The van der Waals surface area contributed by atoms with Crippen LogP contribution in [0.25, 0.3) is 0 Å². The Balaban J connectivity index is 2.74. The van der Waals surface area contributed by atoms with Crippen LogP contribution in [0, 0.1) is 0 Å². The summed E-state index contributed by atoms with van der Waals surface area (Å²) in [6, 6.07) is 6.33. The summed E-state index contributed by atoms with van der Waals surface area (Å²) in [5.74, 6) is 3.87. The van der Waals surface area contributed by atoms with Crippen molar-refractivity contribution in [3.63, 3.8) is 0 Å². The Morgan fingerprint density at radius 1 is 1.24 bits per heavy atom. The second-order valence-electron chi connectivity index (χ2n) is 5.10. The van der Waals surface area contributed by atoms with Crippen LogP contribution in [-0.2, 0) is 0 Å². The second kappa shape index (κ2) is 9.92. The van der Waals surface area contributed by atoms with Crippen molar-refractivity contribution in [1.29, 1.82) is 0 Å². The van der Waals surface area contributed by atoms with E-state index in [9.17, 15) is 0 Å².